The number of nitrogens with one attached hydrogen (secondary N) is 1. The van der Waals surface area contributed by atoms with Gasteiger partial charge < -0.3 is 10.1 Å². The zero-order chi connectivity index (χ0) is 15.4. The van der Waals surface area contributed by atoms with E-state index in [9.17, 15) is 13.6 Å². The van der Waals surface area contributed by atoms with Crippen molar-refractivity contribution in [2.24, 2.45) is 0 Å². The molecule has 3 nitrogen and oxygen atoms in total. The highest BCUT2D eigenvalue weighted by molar-refractivity contribution is 6.34. The van der Waals surface area contributed by atoms with Crippen LogP contribution in [0.4, 0.5) is 14.5 Å². The molecule has 21 heavy (non-hydrogen) atoms. The summed E-state index contributed by atoms with van der Waals surface area (Å²) in [7, 11) is 0. The number of carbonyl (C=O) groups is 1. The van der Waals surface area contributed by atoms with Crippen LogP contribution in [0.2, 0.25) is 10.0 Å². The maximum atomic E-state index is 12.1. The van der Waals surface area contributed by atoms with E-state index in [0.29, 0.717) is 16.3 Å². The number of carbonyl (C=O) groups excluding carboxylic acids is 1. The molecule has 0 spiro atoms. The van der Waals surface area contributed by atoms with E-state index in [1.807, 2.05) is 0 Å². The summed E-state index contributed by atoms with van der Waals surface area (Å²) in [5.41, 5.74) is 0.634. The molecule has 0 unspecified atom stereocenters. The number of benzene rings is 2. The largest absolute Gasteiger partial charge is 0.433 e. The zero-order valence-corrected chi connectivity index (χ0v) is 12.0. The van der Waals surface area contributed by atoms with Crippen LogP contribution < -0.4 is 10.1 Å². The third-order valence-electron chi connectivity index (χ3n) is 2.52. The van der Waals surface area contributed by atoms with Gasteiger partial charge in [-0.25, -0.2) is 0 Å². The highest BCUT2D eigenvalue weighted by Gasteiger charge is 2.12. The summed E-state index contributed by atoms with van der Waals surface area (Å²) < 4.78 is 28.4. The van der Waals surface area contributed by atoms with Gasteiger partial charge in [-0.3, -0.25) is 4.79 Å². The molecule has 0 fully saturated rings. The minimum Gasteiger partial charge on any atom is -0.433 e. The summed E-state index contributed by atoms with van der Waals surface area (Å²) in [4.78, 5) is 12.0. The minimum atomic E-state index is -2.97. The molecule has 2 rings (SSSR count). The number of halogens is 4. The number of anilines is 1. The number of hydrogen-bond acceptors (Lipinski definition) is 2. The lowest BCUT2D eigenvalue weighted by Gasteiger charge is -2.10. The predicted octanol–water partition coefficient (Wildman–Crippen LogP) is 4.85. The Morgan fingerprint density at radius 3 is 2.43 bits per heavy atom. The van der Waals surface area contributed by atoms with Crippen LogP contribution in [0.15, 0.2) is 42.5 Å². The minimum absolute atomic E-state index is 0.0349. The second kappa shape index (κ2) is 6.74. The van der Waals surface area contributed by atoms with Gasteiger partial charge in [0.2, 0.25) is 0 Å². The fourth-order valence-corrected chi connectivity index (χ4v) is 2.06. The van der Waals surface area contributed by atoms with Crippen molar-refractivity contribution in [3.63, 3.8) is 0 Å². The Labute approximate surface area is 129 Å². The highest BCUT2D eigenvalue weighted by Crippen LogP contribution is 2.29. The first kappa shape index (κ1) is 15.5. The van der Waals surface area contributed by atoms with Crippen LogP contribution in [0.3, 0.4) is 0 Å². The summed E-state index contributed by atoms with van der Waals surface area (Å²) >= 11 is 11.7. The van der Waals surface area contributed by atoms with E-state index in [1.165, 1.54) is 18.2 Å². The third-order valence-corrected chi connectivity index (χ3v) is 3.15. The van der Waals surface area contributed by atoms with Crippen molar-refractivity contribution >= 4 is 34.8 Å². The summed E-state index contributed by atoms with van der Waals surface area (Å²) in [6, 6.07) is 10.5. The molecule has 0 radical (unpaired) electrons. The third kappa shape index (κ3) is 4.06. The van der Waals surface area contributed by atoms with E-state index in [0.717, 1.165) is 0 Å². The Balaban J connectivity index is 2.15. The standard InChI is InChI=1S/C14H9Cl2F2NO2/c15-10-4-2-1-3-9(10)13(20)19-8-5-6-12(11(16)7-8)21-14(17)18/h1-7,14H,(H,19,20). The molecule has 0 bridgehead atoms. The summed E-state index contributed by atoms with van der Waals surface area (Å²) in [5.74, 6) is -0.596. The van der Waals surface area contributed by atoms with Gasteiger partial charge in [0.15, 0.2) is 0 Å². The van der Waals surface area contributed by atoms with Crippen molar-refractivity contribution in [1.29, 1.82) is 0 Å². The summed E-state index contributed by atoms with van der Waals surface area (Å²) in [6.45, 7) is -2.97. The average Bonchev–Trinajstić information content (AvgIpc) is 2.42. The highest BCUT2D eigenvalue weighted by atomic mass is 35.5. The molecule has 1 N–H and O–H groups in total. The normalized spacial score (nSPS) is 10.5. The fourth-order valence-electron chi connectivity index (χ4n) is 1.61. The average molecular weight is 332 g/mol. The first-order valence-electron chi connectivity index (χ1n) is 5.77. The van der Waals surface area contributed by atoms with E-state index in [4.69, 9.17) is 23.2 Å². The van der Waals surface area contributed by atoms with Crippen molar-refractivity contribution in [3.05, 3.63) is 58.1 Å². The van der Waals surface area contributed by atoms with Crippen LogP contribution in [0, 0.1) is 0 Å². The van der Waals surface area contributed by atoms with E-state index in [1.54, 1.807) is 24.3 Å². The van der Waals surface area contributed by atoms with Crippen LogP contribution in [-0.2, 0) is 0 Å². The monoisotopic (exact) mass is 331 g/mol. The van der Waals surface area contributed by atoms with Crippen LogP contribution >= 0.6 is 23.2 Å². The first-order valence-corrected chi connectivity index (χ1v) is 6.53. The molecule has 110 valence electrons. The van der Waals surface area contributed by atoms with Crippen LogP contribution in [-0.4, -0.2) is 12.5 Å². The Kier molecular flexibility index (Phi) is 4.98. The molecule has 0 aliphatic carbocycles. The second-order valence-electron chi connectivity index (χ2n) is 3.96. The topological polar surface area (TPSA) is 38.3 Å². The van der Waals surface area contributed by atoms with Gasteiger partial charge in [0.05, 0.1) is 15.6 Å². The maximum absolute atomic E-state index is 12.1. The van der Waals surface area contributed by atoms with Gasteiger partial charge in [-0.05, 0) is 30.3 Å². The Bertz CT molecular complexity index is 665. The van der Waals surface area contributed by atoms with E-state index in [2.05, 4.69) is 10.1 Å². The molecule has 2 aromatic carbocycles. The predicted molar refractivity (Wildman–Crippen MR) is 77.5 cm³/mol. The fraction of sp³-hybridized carbons (Fsp3) is 0.0714. The molecular formula is C14H9Cl2F2NO2. The molecule has 0 atom stereocenters. The lowest BCUT2D eigenvalue weighted by Crippen LogP contribution is -2.12. The SMILES string of the molecule is O=C(Nc1ccc(OC(F)F)c(Cl)c1)c1ccccc1Cl. The quantitative estimate of drug-likeness (QED) is 0.869. The number of ether oxygens (including phenoxy) is 1. The number of amides is 1. The van der Waals surface area contributed by atoms with Gasteiger partial charge in [-0.1, -0.05) is 35.3 Å². The van der Waals surface area contributed by atoms with Gasteiger partial charge in [0.25, 0.3) is 5.91 Å². The van der Waals surface area contributed by atoms with Gasteiger partial charge in [-0.2, -0.15) is 8.78 Å². The van der Waals surface area contributed by atoms with E-state index in [-0.39, 0.29) is 10.8 Å². The molecule has 0 heterocycles. The molecular weight excluding hydrogens is 323 g/mol. The van der Waals surface area contributed by atoms with Gasteiger partial charge in [0.1, 0.15) is 5.75 Å². The molecule has 0 aliphatic rings. The summed E-state index contributed by atoms with van der Waals surface area (Å²) in [6.07, 6.45) is 0. The van der Waals surface area contributed by atoms with Crippen molar-refractivity contribution in [3.8, 4) is 5.75 Å². The summed E-state index contributed by atoms with van der Waals surface area (Å²) in [5, 5.41) is 2.84. The first-order chi connectivity index (χ1) is 9.97. The molecule has 7 heteroatoms. The Hall–Kier alpha value is -1.85. The lowest BCUT2D eigenvalue weighted by molar-refractivity contribution is -0.0497. The van der Waals surface area contributed by atoms with Crippen molar-refractivity contribution in [1.82, 2.24) is 0 Å². The second-order valence-corrected chi connectivity index (χ2v) is 4.77. The van der Waals surface area contributed by atoms with E-state index < -0.39 is 12.5 Å². The molecule has 0 saturated heterocycles. The Morgan fingerprint density at radius 2 is 1.81 bits per heavy atom. The Morgan fingerprint density at radius 1 is 1.10 bits per heavy atom. The zero-order valence-electron chi connectivity index (χ0n) is 10.4. The van der Waals surface area contributed by atoms with E-state index >= 15 is 0 Å². The van der Waals surface area contributed by atoms with Crippen molar-refractivity contribution < 1.29 is 18.3 Å². The molecule has 0 aromatic heterocycles. The van der Waals surface area contributed by atoms with Gasteiger partial charge in [-0.15, -0.1) is 0 Å². The number of alkyl halides is 2. The van der Waals surface area contributed by atoms with Gasteiger partial charge >= 0.3 is 6.61 Å². The maximum Gasteiger partial charge on any atom is 0.387 e. The van der Waals surface area contributed by atoms with Gasteiger partial charge in [0, 0.05) is 5.69 Å². The molecule has 0 saturated carbocycles. The number of rotatable bonds is 4. The lowest BCUT2D eigenvalue weighted by atomic mass is 10.2. The molecule has 1 amide bonds. The smallest absolute Gasteiger partial charge is 0.387 e. The number of hydrogen-bond donors (Lipinski definition) is 1. The van der Waals surface area contributed by atoms with Crippen molar-refractivity contribution in [2.75, 3.05) is 5.32 Å². The van der Waals surface area contributed by atoms with Crippen LogP contribution in [0.1, 0.15) is 10.4 Å². The molecule has 2 aromatic rings. The van der Waals surface area contributed by atoms with Crippen molar-refractivity contribution in [2.45, 2.75) is 6.61 Å². The molecule has 0 aliphatic heterocycles. The van der Waals surface area contributed by atoms with Crippen LogP contribution in [0.5, 0.6) is 5.75 Å². The van der Waals surface area contributed by atoms with Crippen LogP contribution in [0.25, 0.3) is 0 Å².